The number of hydrogen-bond donors (Lipinski definition) is 2. The second kappa shape index (κ2) is 23.4. The number of carboxylic acids is 2. The molecule has 0 aliphatic heterocycles. The zero-order valence-electron chi connectivity index (χ0n) is 16.9. The van der Waals surface area contributed by atoms with Gasteiger partial charge in [0, 0.05) is 12.5 Å². The first-order chi connectivity index (χ1) is 12.5. The topological polar surface area (TPSA) is 74.6 Å². The molecule has 0 aromatic rings. The Morgan fingerprint density at radius 3 is 1.58 bits per heavy atom. The van der Waals surface area contributed by atoms with Gasteiger partial charge in [0.25, 0.3) is 0 Å². The van der Waals surface area contributed by atoms with Crippen LogP contribution < -0.4 is 0 Å². The third kappa shape index (κ3) is 30.3. The Kier molecular flexibility index (Phi) is 24.0. The van der Waals surface area contributed by atoms with Crippen molar-refractivity contribution in [2.75, 3.05) is 0 Å². The van der Waals surface area contributed by atoms with Crippen LogP contribution in [0.4, 0.5) is 0 Å². The summed E-state index contributed by atoms with van der Waals surface area (Å²) >= 11 is 0. The predicted octanol–water partition coefficient (Wildman–Crippen LogP) is 6.76. The maximum Gasteiger partial charge on any atom is 0.328 e. The molecule has 0 spiro atoms. The minimum atomic E-state index is -0.885. The molecule has 0 radical (unpaired) electrons. The molecule has 0 saturated heterocycles. The molecule has 0 atom stereocenters. The highest BCUT2D eigenvalue weighted by atomic mass is 16.4. The molecule has 0 unspecified atom stereocenters. The van der Waals surface area contributed by atoms with Gasteiger partial charge in [0.15, 0.2) is 0 Å². The maximum atomic E-state index is 10.2. The molecule has 0 aliphatic rings. The summed E-state index contributed by atoms with van der Waals surface area (Å²) in [4.78, 5) is 19.8. The molecule has 2 N–H and O–H groups in total. The summed E-state index contributed by atoms with van der Waals surface area (Å²) < 4.78 is 0. The van der Waals surface area contributed by atoms with Crippen LogP contribution in [0.25, 0.3) is 0 Å². The standard InChI is InChI=1S/C18H32O2.C4H8O2/c1-2-3-4-5-6-7-8-9-10-11-12-13-14-15-16-17-18(19)20;1-2-3-4(5)6/h14-17H,2-13H2,1H3,(H,19,20);2-3H2,1H3,(H,5,6). The van der Waals surface area contributed by atoms with Crippen molar-refractivity contribution >= 4 is 11.9 Å². The van der Waals surface area contributed by atoms with E-state index in [2.05, 4.69) is 6.92 Å². The van der Waals surface area contributed by atoms with Crippen LogP contribution in [-0.2, 0) is 9.59 Å². The fraction of sp³-hybridized carbons (Fsp3) is 0.727. The van der Waals surface area contributed by atoms with Crippen LogP contribution in [0.5, 0.6) is 0 Å². The molecule has 4 heteroatoms. The first-order valence-corrected chi connectivity index (χ1v) is 10.3. The minimum absolute atomic E-state index is 0.292. The molecule has 0 rings (SSSR count). The maximum absolute atomic E-state index is 10.2. The monoisotopic (exact) mass is 368 g/mol. The molecule has 0 fully saturated rings. The normalized spacial score (nSPS) is 10.8. The van der Waals surface area contributed by atoms with Gasteiger partial charge in [0.05, 0.1) is 0 Å². The summed E-state index contributed by atoms with van der Waals surface area (Å²) in [7, 11) is 0. The summed E-state index contributed by atoms with van der Waals surface area (Å²) in [5.41, 5.74) is 0. The Labute approximate surface area is 160 Å². The van der Waals surface area contributed by atoms with Gasteiger partial charge in [-0.2, -0.15) is 0 Å². The van der Waals surface area contributed by atoms with Crippen LogP contribution in [0, 0.1) is 0 Å². The van der Waals surface area contributed by atoms with E-state index in [9.17, 15) is 9.59 Å². The van der Waals surface area contributed by atoms with Gasteiger partial charge in [-0.25, -0.2) is 4.79 Å². The van der Waals surface area contributed by atoms with E-state index in [-0.39, 0.29) is 0 Å². The van der Waals surface area contributed by atoms with Gasteiger partial charge in [-0.1, -0.05) is 96.3 Å². The fourth-order valence-corrected chi connectivity index (χ4v) is 2.45. The quantitative estimate of drug-likeness (QED) is 0.179. The van der Waals surface area contributed by atoms with E-state index in [4.69, 9.17) is 10.2 Å². The largest absolute Gasteiger partial charge is 0.481 e. The van der Waals surface area contributed by atoms with E-state index in [0.29, 0.717) is 6.42 Å². The highest BCUT2D eigenvalue weighted by Gasteiger charge is 1.92. The molecule has 0 aliphatic carbocycles. The van der Waals surface area contributed by atoms with Crippen LogP contribution in [0.15, 0.2) is 24.3 Å². The number of allylic oxidation sites excluding steroid dienone is 3. The number of carboxylic acid groups (broad SMARTS) is 2. The zero-order valence-corrected chi connectivity index (χ0v) is 16.9. The average Bonchev–Trinajstić information content (AvgIpc) is 2.58. The zero-order chi connectivity index (χ0) is 19.9. The third-order valence-electron chi connectivity index (χ3n) is 3.92. The SMILES string of the molecule is CCCC(=O)O.CCCCCCCCCCCCCC=CC=CC(=O)O. The van der Waals surface area contributed by atoms with Gasteiger partial charge < -0.3 is 10.2 Å². The van der Waals surface area contributed by atoms with Crippen molar-refractivity contribution < 1.29 is 19.8 Å². The Morgan fingerprint density at radius 2 is 1.19 bits per heavy atom. The van der Waals surface area contributed by atoms with E-state index in [1.807, 2.05) is 19.1 Å². The second-order valence-electron chi connectivity index (χ2n) is 6.59. The molecule has 4 nitrogen and oxygen atoms in total. The van der Waals surface area contributed by atoms with E-state index in [0.717, 1.165) is 18.9 Å². The van der Waals surface area contributed by atoms with Crippen molar-refractivity contribution in [3.05, 3.63) is 24.3 Å². The second-order valence-corrected chi connectivity index (χ2v) is 6.59. The lowest BCUT2D eigenvalue weighted by molar-refractivity contribution is -0.137. The number of carbonyl (C=O) groups is 2. The molecule has 0 aromatic heterocycles. The Bertz CT molecular complexity index is 372. The Morgan fingerprint density at radius 1 is 0.692 bits per heavy atom. The molecular formula is C22H40O4. The summed E-state index contributed by atoms with van der Waals surface area (Å²) in [6.45, 7) is 4.10. The first kappa shape index (κ1) is 26.6. The molecule has 0 bridgehead atoms. The highest BCUT2D eigenvalue weighted by Crippen LogP contribution is 2.11. The van der Waals surface area contributed by atoms with Crippen LogP contribution >= 0.6 is 0 Å². The van der Waals surface area contributed by atoms with E-state index in [1.165, 1.54) is 70.6 Å². The van der Waals surface area contributed by atoms with Gasteiger partial charge in [-0.15, -0.1) is 0 Å². The van der Waals surface area contributed by atoms with E-state index in [1.54, 1.807) is 6.08 Å². The van der Waals surface area contributed by atoms with Crippen LogP contribution in [0.1, 0.15) is 104 Å². The summed E-state index contributed by atoms with van der Waals surface area (Å²) in [5, 5.41) is 16.3. The molecule has 0 amide bonds. The van der Waals surface area contributed by atoms with Crippen molar-refractivity contribution in [3.63, 3.8) is 0 Å². The van der Waals surface area contributed by atoms with Crippen LogP contribution in [0.3, 0.4) is 0 Å². The summed E-state index contributed by atoms with van der Waals surface area (Å²) in [5.74, 6) is -1.60. The van der Waals surface area contributed by atoms with Crippen LogP contribution in [0.2, 0.25) is 0 Å². The fourth-order valence-electron chi connectivity index (χ4n) is 2.45. The van der Waals surface area contributed by atoms with Crippen molar-refractivity contribution in [1.82, 2.24) is 0 Å². The lowest BCUT2D eigenvalue weighted by atomic mass is 10.1. The number of hydrogen-bond acceptors (Lipinski definition) is 2. The van der Waals surface area contributed by atoms with Crippen molar-refractivity contribution in [3.8, 4) is 0 Å². The Balaban J connectivity index is 0. The van der Waals surface area contributed by atoms with E-state index >= 15 is 0 Å². The molecule has 152 valence electrons. The van der Waals surface area contributed by atoms with Crippen LogP contribution in [-0.4, -0.2) is 22.2 Å². The predicted molar refractivity (Wildman–Crippen MR) is 110 cm³/mol. The first-order valence-electron chi connectivity index (χ1n) is 10.3. The summed E-state index contributed by atoms with van der Waals surface area (Å²) in [6.07, 6.45) is 23.7. The minimum Gasteiger partial charge on any atom is -0.481 e. The molecule has 0 saturated carbocycles. The molecule has 0 heterocycles. The molecule has 0 aromatic carbocycles. The molecular weight excluding hydrogens is 328 g/mol. The highest BCUT2D eigenvalue weighted by molar-refractivity contribution is 5.80. The third-order valence-corrected chi connectivity index (χ3v) is 3.92. The lowest BCUT2D eigenvalue weighted by Crippen LogP contribution is -1.90. The van der Waals surface area contributed by atoms with Gasteiger partial charge in [-0.05, 0) is 19.3 Å². The number of aliphatic carboxylic acids is 2. The summed E-state index contributed by atoms with van der Waals surface area (Å²) in [6, 6.07) is 0. The van der Waals surface area contributed by atoms with Gasteiger partial charge >= 0.3 is 11.9 Å². The van der Waals surface area contributed by atoms with Crippen molar-refractivity contribution in [2.24, 2.45) is 0 Å². The molecule has 26 heavy (non-hydrogen) atoms. The average molecular weight is 369 g/mol. The van der Waals surface area contributed by atoms with Gasteiger partial charge in [0.1, 0.15) is 0 Å². The van der Waals surface area contributed by atoms with Gasteiger partial charge in [-0.3, -0.25) is 4.79 Å². The van der Waals surface area contributed by atoms with E-state index < -0.39 is 11.9 Å². The van der Waals surface area contributed by atoms with Gasteiger partial charge in [0.2, 0.25) is 0 Å². The number of rotatable bonds is 16. The van der Waals surface area contributed by atoms with Crippen molar-refractivity contribution in [2.45, 2.75) is 104 Å². The van der Waals surface area contributed by atoms with Crippen molar-refractivity contribution in [1.29, 1.82) is 0 Å². The Hall–Kier alpha value is -1.58. The lowest BCUT2D eigenvalue weighted by Gasteiger charge is -2.01. The number of unbranched alkanes of at least 4 members (excludes halogenated alkanes) is 11. The smallest absolute Gasteiger partial charge is 0.328 e.